The second kappa shape index (κ2) is 10.9. The third-order valence-corrected chi connectivity index (χ3v) is 3.56. The number of halogens is 2. The predicted molar refractivity (Wildman–Crippen MR) is 108 cm³/mol. The molecule has 25 heavy (non-hydrogen) atoms. The van der Waals surface area contributed by atoms with Crippen LogP contribution in [0.25, 0.3) is 0 Å². The highest BCUT2D eigenvalue weighted by atomic mass is 127. The molecule has 2 aromatic rings. The molecule has 0 aromatic heterocycles. The highest BCUT2D eigenvalue weighted by Crippen LogP contribution is 2.12. The van der Waals surface area contributed by atoms with Crippen LogP contribution in [0.4, 0.5) is 4.39 Å². The quantitative estimate of drug-likeness (QED) is 0.353. The van der Waals surface area contributed by atoms with Crippen LogP contribution in [-0.2, 0) is 19.7 Å². The predicted octanol–water partition coefficient (Wildman–Crippen LogP) is 2.81. The topological polar surface area (TPSA) is 65.9 Å². The van der Waals surface area contributed by atoms with Crippen LogP contribution >= 0.6 is 24.0 Å². The van der Waals surface area contributed by atoms with E-state index in [4.69, 9.17) is 9.84 Å². The fraction of sp³-hybridized carbons (Fsp3) is 0.278. The van der Waals surface area contributed by atoms with Gasteiger partial charge in [-0.05, 0) is 35.4 Å². The third kappa shape index (κ3) is 6.50. The largest absolute Gasteiger partial charge is 0.497 e. The van der Waals surface area contributed by atoms with Gasteiger partial charge in [-0.1, -0.05) is 18.2 Å². The monoisotopic (exact) mass is 459 g/mol. The van der Waals surface area contributed by atoms with Crippen molar-refractivity contribution in [3.8, 4) is 5.75 Å². The molecule has 0 amide bonds. The maximum Gasteiger partial charge on any atom is 0.191 e. The number of nitrogens with one attached hydrogen (secondary N) is 2. The van der Waals surface area contributed by atoms with Crippen LogP contribution in [0.1, 0.15) is 16.7 Å². The summed E-state index contributed by atoms with van der Waals surface area (Å²) in [6.45, 7) is 0.760. The van der Waals surface area contributed by atoms with Crippen molar-refractivity contribution in [3.05, 3.63) is 65.0 Å². The van der Waals surface area contributed by atoms with Crippen LogP contribution in [0.2, 0.25) is 0 Å². The van der Waals surface area contributed by atoms with Gasteiger partial charge in [0, 0.05) is 25.7 Å². The van der Waals surface area contributed by atoms with Crippen LogP contribution in [0.5, 0.6) is 5.75 Å². The van der Waals surface area contributed by atoms with Crippen molar-refractivity contribution >= 4 is 29.9 Å². The molecule has 0 unspecified atom stereocenters. The number of methoxy groups -OCH3 is 1. The summed E-state index contributed by atoms with van der Waals surface area (Å²) in [6, 6.07) is 12.4. The molecule has 0 bridgehead atoms. The lowest BCUT2D eigenvalue weighted by molar-refractivity contribution is 0.275. The number of hydrogen-bond acceptors (Lipinski definition) is 3. The van der Waals surface area contributed by atoms with Crippen molar-refractivity contribution in [3.63, 3.8) is 0 Å². The van der Waals surface area contributed by atoms with E-state index in [1.165, 1.54) is 6.07 Å². The van der Waals surface area contributed by atoms with Crippen molar-refractivity contribution in [2.45, 2.75) is 19.7 Å². The van der Waals surface area contributed by atoms with Crippen molar-refractivity contribution in [1.29, 1.82) is 0 Å². The minimum Gasteiger partial charge on any atom is -0.497 e. The molecule has 7 heteroatoms. The second-order valence-electron chi connectivity index (χ2n) is 5.21. The molecule has 0 aliphatic rings. The smallest absolute Gasteiger partial charge is 0.191 e. The number of ether oxygens (including phenoxy) is 1. The molecule has 0 atom stereocenters. The van der Waals surface area contributed by atoms with Gasteiger partial charge in [0.25, 0.3) is 0 Å². The Bertz CT molecular complexity index is 710. The van der Waals surface area contributed by atoms with E-state index in [2.05, 4.69) is 15.6 Å². The SMILES string of the molecule is CN=C(NCc1cccc(OC)c1)NCc1ccc(F)c(CO)c1.I. The molecule has 0 aliphatic heterocycles. The fourth-order valence-corrected chi connectivity index (χ4v) is 2.23. The Morgan fingerprint density at radius 2 is 1.80 bits per heavy atom. The summed E-state index contributed by atoms with van der Waals surface area (Å²) in [5, 5.41) is 15.5. The minimum absolute atomic E-state index is 0. The maximum absolute atomic E-state index is 13.4. The average molecular weight is 459 g/mol. The van der Waals surface area contributed by atoms with Gasteiger partial charge in [-0.3, -0.25) is 4.99 Å². The van der Waals surface area contributed by atoms with E-state index in [1.54, 1.807) is 26.3 Å². The number of nitrogens with zero attached hydrogens (tertiary/aromatic N) is 1. The molecule has 0 aliphatic carbocycles. The normalized spacial score (nSPS) is 10.8. The highest BCUT2D eigenvalue weighted by molar-refractivity contribution is 14.0. The van der Waals surface area contributed by atoms with Gasteiger partial charge < -0.3 is 20.5 Å². The van der Waals surface area contributed by atoms with Crippen molar-refractivity contribution < 1.29 is 14.2 Å². The zero-order valence-corrected chi connectivity index (χ0v) is 16.6. The van der Waals surface area contributed by atoms with E-state index in [0.29, 0.717) is 19.0 Å². The Morgan fingerprint density at radius 1 is 1.12 bits per heavy atom. The van der Waals surface area contributed by atoms with Gasteiger partial charge in [-0.25, -0.2) is 4.39 Å². The van der Waals surface area contributed by atoms with Gasteiger partial charge in [0.15, 0.2) is 5.96 Å². The molecule has 0 radical (unpaired) electrons. The summed E-state index contributed by atoms with van der Waals surface area (Å²) in [6.07, 6.45) is 0. The van der Waals surface area contributed by atoms with Crippen LogP contribution in [0.15, 0.2) is 47.5 Å². The maximum atomic E-state index is 13.4. The Labute approximate surface area is 164 Å². The first kappa shape index (κ1) is 21.2. The number of aliphatic imine (C=N–C) groups is 1. The van der Waals surface area contributed by atoms with Gasteiger partial charge in [-0.2, -0.15) is 0 Å². The van der Waals surface area contributed by atoms with Crippen LogP contribution < -0.4 is 15.4 Å². The highest BCUT2D eigenvalue weighted by Gasteiger charge is 2.04. The Morgan fingerprint density at radius 3 is 2.40 bits per heavy atom. The number of guanidine groups is 1. The molecule has 0 spiro atoms. The fourth-order valence-electron chi connectivity index (χ4n) is 2.23. The number of aliphatic hydroxyl groups is 1. The van der Waals surface area contributed by atoms with Gasteiger partial charge in [-0.15, -0.1) is 24.0 Å². The van der Waals surface area contributed by atoms with Crippen LogP contribution in [0.3, 0.4) is 0 Å². The minimum atomic E-state index is -0.401. The number of rotatable bonds is 6. The summed E-state index contributed by atoms with van der Waals surface area (Å²) in [5.41, 5.74) is 2.22. The molecule has 0 fully saturated rings. The molecule has 0 heterocycles. The number of hydrogen-bond donors (Lipinski definition) is 3. The Kier molecular flexibility index (Phi) is 9.22. The van der Waals surface area contributed by atoms with Gasteiger partial charge in [0.1, 0.15) is 11.6 Å². The Hall–Kier alpha value is -1.87. The molecule has 2 rings (SSSR count). The first-order valence-corrected chi connectivity index (χ1v) is 7.62. The summed E-state index contributed by atoms with van der Waals surface area (Å²) in [4.78, 5) is 4.16. The summed E-state index contributed by atoms with van der Waals surface area (Å²) >= 11 is 0. The van der Waals surface area contributed by atoms with E-state index < -0.39 is 5.82 Å². The summed E-state index contributed by atoms with van der Waals surface area (Å²) in [5.74, 6) is 1.04. The molecule has 3 N–H and O–H groups in total. The van der Waals surface area contributed by atoms with Gasteiger partial charge >= 0.3 is 0 Å². The van der Waals surface area contributed by atoms with Gasteiger partial charge in [0.05, 0.1) is 13.7 Å². The Balaban J connectivity index is 0.00000312. The van der Waals surface area contributed by atoms with Crippen molar-refractivity contribution in [2.24, 2.45) is 4.99 Å². The first-order valence-electron chi connectivity index (χ1n) is 7.62. The molecule has 0 saturated carbocycles. The van der Waals surface area contributed by atoms with Gasteiger partial charge in [0.2, 0.25) is 0 Å². The van der Waals surface area contributed by atoms with Crippen molar-refractivity contribution in [1.82, 2.24) is 10.6 Å². The molecule has 2 aromatic carbocycles. The standard InChI is InChI=1S/C18H22FN3O2.HI/c1-20-18(21-10-13-4-3-5-16(9-13)24-2)22-11-14-6-7-17(19)15(8-14)12-23;/h3-9,23H,10-12H2,1-2H3,(H2,20,21,22);1H. The van der Waals surface area contributed by atoms with E-state index in [9.17, 15) is 4.39 Å². The van der Waals surface area contributed by atoms with Crippen LogP contribution in [0, 0.1) is 5.82 Å². The van der Waals surface area contributed by atoms with E-state index in [1.807, 2.05) is 24.3 Å². The second-order valence-corrected chi connectivity index (χ2v) is 5.21. The molecular formula is C18H23FIN3O2. The summed E-state index contributed by atoms with van der Waals surface area (Å²) in [7, 11) is 3.32. The zero-order chi connectivity index (χ0) is 17.4. The van der Waals surface area contributed by atoms with E-state index >= 15 is 0 Å². The van der Waals surface area contributed by atoms with Crippen LogP contribution in [-0.4, -0.2) is 25.2 Å². The average Bonchev–Trinajstić information content (AvgIpc) is 2.63. The number of aliphatic hydroxyl groups excluding tert-OH is 1. The lowest BCUT2D eigenvalue weighted by Crippen LogP contribution is -2.36. The van der Waals surface area contributed by atoms with E-state index in [0.717, 1.165) is 16.9 Å². The number of benzene rings is 2. The molecule has 136 valence electrons. The molecule has 5 nitrogen and oxygen atoms in total. The molecular weight excluding hydrogens is 436 g/mol. The first-order chi connectivity index (χ1) is 11.7. The lowest BCUT2D eigenvalue weighted by Gasteiger charge is -2.13. The van der Waals surface area contributed by atoms with E-state index in [-0.39, 0.29) is 36.1 Å². The van der Waals surface area contributed by atoms with Crippen molar-refractivity contribution in [2.75, 3.05) is 14.2 Å². The zero-order valence-electron chi connectivity index (χ0n) is 14.3. The lowest BCUT2D eigenvalue weighted by atomic mass is 10.1. The molecule has 0 saturated heterocycles. The third-order valence-electron chi connectivity index (χ3n) is 3.56. The summed E-state index contributed by atoms with van der Waals surface area (Å²) < 4.78 is 18.6.